The third-order valence-electron chi connectivity index (χ3n) is 3.00. The van der Waals surface area contributed by atoms with Crippen LogP contribution in [0.15, 0.2) is 18.2 Å². The number of nitrogens with zero attached hydrogens (tertiary/aromatic N) is 2. The molecular formula is C13H17N3O2. The second-order valence-corrected chi connectivity index (χ2v) is 4.35. The molecule has 0 fully saturated rings. The van der Waals surface area contributed by atoms with Gasteiger partial charge in [0.25, 0.3) is 0 Å². The van der Waals surface area contributed by atoms with Gasteiger partial charge in [-0.25, -0.2) is 4.98 Å². The number of hydrogen-bond acceptors (Lipinski definition) is 3. The average Bonchev–Trinajstić information content (AvgIpc) is 2.60. The second-order valence-electron chi connectivity index (χ2n) is 4.35. The van der Waals surface area contributed by atoms with E-state index in [1.54, 1.807) is 0 Å². The third-order valence-corrected chi connectivity index (χ3v) is 3.00. The molecule has 2 rings (SSSR count). The lowest BCUT2D eigenvalue weighted by Crippen LogP contribution is -2.04. The third kappa shape index (κ3) is 2.61. The summed E-state index contributed by atoms with van der Waals surface area (Å²) >= 11 is 0. The Labute approximate surface area is 105 Å². The summed E-state index contributed by atoms with van der Waals surface area (Å²) in [7, 11) is 1.99. The fraction of sp³-hybridized carbons (Fsp3) is 0.385. The molecule has 0 radical (unpaired) electrons. The van der Waals surface area contributed by atoms with Crippen LogP contribution < -0.4 is 5.32 Å². The standard InChI is InChI=1S/C13H17N3O2/c1-9-15-11-8-10(5-6-12(11)16(9)2)14-7-3-4-13(17)18/h5-6,8,14H,3-4,7H2,1-2H3,(H,17,18). The van der Waals surface area contributed by atoms with E-state index in [1.807, 2.05) is 36.7 Å². The number of nitrogens with one attached hydrogen (secondary N) is 1. The number of fused-ring (bicyclic) bond motifs is 1. The van der Waals surface area contributed by atoms with Crippen LogP contribution in [0.25, 0.3) is 11.0 Å². The summed E-state index contributed by atoms with van der Waals surface area (Å²) < 4.78 is 2.05. The van der Waals surface area contributed by atoms with Crippen LogP contribution in [0, 0.1) is 6.92 Å². The van der Waals surface area contributed by atoms with Gasteiger partial charge in [-0.05, 0) is 31.5 Å². The van der Waals surface area contributed by atoms with Crippen molar-refractivity contribution in [3.63, 3.8) is 0 Å². The number of rotatable bonds is 5. The summed E-state index contributed by atoms with van der Waals surface area (Å²) in [5, 5.41) is 11.8. The molecule has 5 heteroatoms. The molecule has 0 saturated carbocycles. The molecule has 1 aromatic carbocycles. The Morgan fingerprint density at radius 3 is 3.00 bits per heavy atom. The molecular weight excluding hydrogens is 230 g/mol. The van der Waals surface area contributed by atoms with Crippen molar-refractivity contribution >= 4 is 22.7 Å². The molecule has 96 valence electrons. The molecule has 0 saturated heterocycles. The van der Waals surface area contributed by atoms with Crippen LogP contribution in [0.3, 0.4) is 0 Å². The second kappa shape index (κ2) is 5.08. The van der Waals surface area contributed by atoms with E-state index in [9.17, 15) is 4.79 Å². The number of carboxylic acids is 1. The maximum absolute atomic E-state index is 10.4. The van der Waals surface area contributed by atoms with Crippen LogP contribution in [-0.4, -0.2) is 27.2 Å². The number of carboxylic acid groups (broad SMARTS) is 1. The molecule has 18 heavy (non-hydrogen) atoms. The van der Waals surface area contributed by atoms with Gasteiger partial charge in [0, 0.05) is 25.7 Å². The van der Waals surface area contributed by atoms with Crippen molar-refractivity contribution in [3.8, 4) is 0 Å². The summed E-state index contributed by atoms with van der Waals surface area (Å²) in [6.45, 7) is 2.63. The molecule has 5 nitrogen and oxygen atoms in total. The lowest BCUT2D eigenvalue weighted by molar-refractivity contribution is -0.137. The van der Waals surface area contributed by atoms with Crippen LogP contribution in [-0.2, 0) is 11.8 Å². The first-order valence-electron chi connectivity index (χ1n) is 5.96. The molecule has 1 aromatic heterocycles. The fourth-order valence-electron chi connectivity index (χ4n) is 1.90. The van der Waals surface area contributed by atoms with E-state index in [2.05, 4.69) is 10.3 Å². The maximum Gasteiger partial charge on any atom is 0.303 e. The highest BCUT2D eigenvalue weighted by Crippen LogP contribution is 2.19. The summed E-state index contributed by atoms with van der Waals surface area (Å²) in [5.41, 5.74) is 3.04. The van der Waals surface area contributed by atoms with Crippen molar-refractivity contribution in [1.82, 2.24) is 9.55 Å². The lowest BCUT2D eigenvalue weighted by atomic mass is 10.2. The van der Waals surface area contributed by atoms with Crippen LogP contribution >= 0.6 is 0 Å². The Morgan fingerprint density at radius 2 is 2.28 bits per heavy atom. The Hall–Kier alpha value is -2.04. The van der Waals surface area contributed by atoms with Crippen molar-refractivity contribution in [2.75, 3.05) is 11.9 Å². The Morgan fingerprint density at radius 1 is 1.50 bits per heavy atom. The van der Waals surface area contributed by atoms with E-state index >= 15 is 0 Å². The molecule has 0 spiro atoms. The number of aryl methyl sites for hydroxylation is 2. The largest absolute Gasteiger partial charge is 0.481 e. The molecule has 0 aliphatic rings. The average molecular weight is 247 g/mol. The number of aromatic nitrogens is 2. The summed E-state index contributed by atoms with van der Waals surface area (Å²) in [5.74, 6) is 0.223. The topological polar surface area (TPSA) is 67.2 Å². The number of aliphatic carboxylic acids is 1. The first kappa shape index (κ1) is 12.4. The van der Waals surface area contributed by atoms with Gasteiger partial charge in [-0.2, -0.15) is 0 Å². The van der Waals surface area contributed by atoms with Gasteiger partial charge in [0.2, 0.25) is 0 Å². The molecule has 0 aliphatic heterocycles. The molecule has 0 bridgehead atoms. The van der Waals surface area contributed by atoms with Crippen molar-refractivity contribution in [1.29, 1.82) is 0 Å². The van der Waals surface area contributed by atoms with Crippen LogP contribution in [0.1, 0.15) is 18.7 Å². The monoisotopic (exact) mass is 247 g/mol. The van der Waals surface area contributed by atoms with E-state index in [4.69, 9.17) is 5.11 Å². The van der Waals surface area contributed by atoms with Crippen molar-refractivity contribution in [2.24, 2.45) is 7.05 Å². The highest BCUT2D eigenvalue weighted by atomic mass is 16.4. The normalized spacial score (nSPS) is 10.8. The Balaban J connectivity index is 2.04. The number of hydrogen-bond donors (Lipinski definition) is 2. The van der Waals surface area contributed by atoms with E-state index < -0.39 is 5.97 Å². The minimum Gasteiger partial charge on any atom is -0.481 e. The van der Waals surface area contributed by atoms with Crippen molar-refractivity contribution < 1.29 is 9.90 Å². The van der Waals surface area contributed by atoms with Crippen molar-refractivity contribution in [3.05, 3.63) is 24.0 Å². The molecule has 2 N–H and O–H groups in total. The number of imidazole rings is 1. The van der Waals surface area contributed by atoms with E-state index in [0.717, 1.165) is 22.5 Å². The Bertz CT molecular complexity index is 575. The van der Waals surface area contributed by atoms with Gasteiger partial charge in [-0.15, -0.1) is 0 Å². The molecule has 1 heterocycles. The van der Waals surface area contributed by atoms with Crippen LogP contribution in [0.5, 0.6) is 0 Å². The molecule has 0 atom stereocenters. The van der Waals surface area contributed by atoms with Gasteiger partial charge in [0.05, 0.1) is 11.0 Å². The zero-order valence-corrected chi connectivity index (χ0v) is 10.6. The fourth-order valence-corrected chi connectivity index (χ4v) is 1.90. The van der Waals surface area contributed by atoms with Gasteiger partial charge in [-0.1, -0.05) is 0 Å². The highest BCUT2D eigenvalue weighted by Gasteiger charge is 2.04. The predicted molar refractivity (Wildman–Crippen MR) is 70.8 cm³/mol. The lowest BCUT2D eigenvalue weighted by Gasteiger charge is -2.05. The van der Waals surface area contributed by atoms with Gasteiger partial charge in [0.1, 0.15) is 5.82 Å². The van der Waals surface area contributed by atoms with Crippen LogP contribution in [0.4, 0.5) is 5.69 Å². The van der Waals surface area contributed by atoms with Crippen LogP contribution in [0.2, 0.25) is 0 Å². The SMILES string of the molecule is Cc1nc2cc(NCCCC(=O)O)ccc2n1C. The van der Waals surface area contributed by atoms with Gasteiger partial charge < -0.3 is 15.0 Å². The number of benzene rings is 1. The summed E-state index contributed by atoms with van der Waals surface area (Å²) in [4.78, 5) is 14.8. The summed E-state index contributed by atoms with van der Waals surface area (Å²) in [6, 6.07) is 6.00. The zero-order chi connectivity index (χ0) is 13.1. The van der Waals surface area contributed by atoms with Gasteiger partial charge in [-0.3, -0.25) is 4.79 Å². The van der Waals surface area contributed by atoms with E-state index in [0.29, 0.717) is 13.0 Å². The van der Waals surface area contributed by atoms with Gasteiger partial charge in [0.15, 0.2) is 0 Å². The molecule has 2 aromatic rings. The minimum absolute atomic E-state index is 0.192. The van der Waals surface area contributed by atoms with Gasteiger partial charge >= 0.3 is 5.97 Å². The molecule has 0 unspecified atom stereocenters. The van der Waals surface area contributed by atoms with E-state index in [-0.39, 0.29) is 6.42 Å². The van der Waals surface area contributed by atoms with Crippen molar-refractivity contribution in [2.45, 2.75) is 19.8 Å². The first-order valence-corrected chi connectivity index (χ1v) is 5.96. The minimum atomic E-state index is -0.757. The van der Waals surface area contributed by atoms with E-state index in [1.165, 1.54) is 0 Å². The first-order chi connectivity index (χ1) is 8.58. The summed E-state index contributed by atoms with van der Waals surface area (Å²) in [6.07, 6.45) is 0.812. The molecule has 0 amide bonds. The predicted octanol–water partition coefficient (Wildman–Crippen LogP) is 2.16. The maximum atomic E-state index is 10.4. The molecule has 0 aliphatic carbocycles. The number of carbonyl (C=O) groups is 1. The quantitative estimate of drug-likeness (QED) is 0.794. The highest BCUT2D eigenvalue weighted by molar-refractivity contribution is 5.80. The smallest absolute Gasteiger partial charge is 0.303 e. The number of anilines is 1. The Kier molecular flexibility index (Phi) is 3.50. The zero-order valence-electron chi connectivity index (χ0n) is 10.6.